The van der Waals surface area contributed by atoms with Gasteiger partial charge in [0.25, 0.3) is 0 Å². The van der Waals surface area contributed by atoms with Gasteiger partial charge in [-0.1, -0.05) is 81.1 Å². The molecule has 1 nitrogen and oxygen atoms in total. The zero-order valence-electron chi connectivity index (χ0n) is 12.0. The van der Waals surface area contributed by atoms with Gasteiger partial charge in [0, 0.05) is 16.0 Å². The summed E-state index contributed by atoms with van der Waals surface area (Å²) in [6.45, 7) is 0. The zero-order valence-corrected chi connectivity index (χ0v) is 15.8. The van der Waals surface area contributed by atoms with Gasteiger partial charge in [0.05, 0.1) is 26.8 Å². The predicted octanol–water partition coefficient (Wildman–Crippen LogP) is 7.24. The van der Waals surface area contributed by atoms with Crippen molar-refractivity contribution in [3.63, 3.8) is 0 Å². The zero-order chi connectivity index (χ0) is 16.1. The Morgan fingerprint density at radius 2 is 1.87 bits per heavy atom. The van der Waals surface area contributed by atoms with Crippen molar-refractivity contribution in [1.82, 2.24) is 0 Å². The Morgan fingerprint density at radius 1 is 1.09 bits per heavy atom. The van der Waals surface area contributed by atoms with Crippen molar-refractivity contribution >= 4 is 56.4 Å². The van der Waals surface area contributed by atoms with Gasteiger partial charge in [-0.05, 0) is 30.0 Å². The van der Waals surface area contributed by atoms with Gasteiger partial charge < -0.3 is 5.32 Å². The van der Waals surface area contributed by atoms with Crippen LogP contribution in [0.15, 0.2) is 47.0 Å². The van der Waals surface area contributed by atoms with Crippen LogP contribution >= 0.6 is 50.7 Å². The normalized spacial score (nSPS) is 25.0. The highest BCUT2D eigenvalue weighted by atomic mass is 79.9. The van der Waals surface area contributed by atoms with E-state index in [2.05, 4.69) is 51.6 Å². The molecule has 1 aliphatic heterocycles. The van der Waals surface area contributed by atoms with E-state index >= 15 is 0 Å². The van der Waals surface area contributed by atoms with Crippen molar-refractivity contribution in [3.05, 3.63) is 73.2 Å². The van der Waals surface area contributed by atoms with Gasteiger partial charge in [0.15, 0.2) is 0 Å². The number of nitrogens with one attached hydrogen (secondary N) is 1. The second kappa shape index (κ2) is 6.00. The first-order chi connectivity index (χ1) is 11.1. The lowest BCUT2D eigenvalue weighted by Gasteiger charge is -2.39. The Labute approximate surface area is 158 Å². The quantitative estimate of drug-likeness (QED) is 0.372. The molecule has 0 spiro atoms. The molecule has 0 amide bonds. The van der Waals surface area contributed by atoms with Gasteiger partial charge in [-0.15, -0.1) is 0 Å². The van der Waals surface area contributed by atoms with Crippen LogP contribution in [0.25, 0.3) is 0 Å². The molecule has 118 valence electrons. The first kappa shape index (κ1) is 15.8. The minimum Gasteiger partial charge on any atom is -0.376 e. The van der Waals surface area contributed by atoms with E-state index < -0.39 is 0 Å². The summed E-state index contributed by atoms with van der Waals surface area (Å²) in [7, 11) is 0. The number of benzene rings is 2. The average Bonchev–Trinajstić information content (AvgIpc) is 3.01. The van der Waals surface area contributed by atoms with Gasteiger partial charge >= 0.3 is 0 Å². The third-order valence-corrected chi connectivity index (χ3v) is 6.54. The molecule has 1 aliphatic carbocycles. The van der Waals surface area contributed by atoms with Gasteiger partial charge in [0.1, 0.15) is 0 Å². The third-order valence-electron chi connectivity index (χ3n) is 4.72. The van der Waals surface area contributed by atoms with Crippen LogP contribution in [0.2, 0.25) is 15.1 Å². The molecule has 3 atom stereocenters. The summed E-state index contributed by atoms with van der Waals surface area (Å²) < 4.78 is 1.10. The summed E-state index contributed by atoms with van der Waals surface area (Å²) in [6, 6.07) is 10.2. The maximum atomic E-state index is 6.50. The molecule has 0 unspecified atom stereocenters. The lowest BCUT2D eigenvalue weighted by Crippen LogP contribution is -2.29. The maximum Gasteiger partial charge on any atom is 0.0656 e. The van der Waals surface area contributed by atoms with Crippen LogP contribution < -0.4 is 5.32 Å². The summed E-state index contributed by atoms with van der Waals surface area (Å²) in [5, 5.41) is 5.35. The Hall–Kier alpha value is -0.670. The second-order valence-corrected chi connectivity index (χ2v) is 7.99. The van der Waals surface area contributed by atoms with Crippen molar-refractivity contribution in [3.8, 4) is 0 Å². The summed E-state index contributed by atoms with van der Waals surface area (Å²) in [4.78, 5) is 0. The molecule has 23 heavy (non-hydrogen) atoms. The van der Waals surface area contributed by atoms with Crippen molar-refractivity contribution in [2.24, 2.45) is 5.92 Å². The topological polar surface area (TPSA) is 12.0 Å². The molecule has 2 aliphatic rings. The van der Waals surface area contributed by atoms with Crippen molar-refractivity contribution in [2.45, 2.75) is 18.4 Å². The van der Waals surface area contributed by atoms with Crippen LogP contribution in [0.5, 0.6) is 0 Å². The number of anilines is 1. The molecular weight excluding hydrogens is 416 g/mol. The Kier molecular flexibility index (Phi) is 4.13. The molecule has 1 N–H and O–H groups in total. The fourth-order valence-electron chi connectivity index (χ4n) is 3.70. The van der Waals surface area contributed by atoms with Gasteiger partial charge in [-0.3, -0.25) is 0 Å². The molecule has 0 bridgehead atoms. The van der Waals surface area contributed by atoms with Gasteiger partial charge in [0.2, 0.25) is 0 Å². The molecule has 4 rings (SSSR count). The van der Waals surface area contributed by atoms with Crippen molar-refractivity contribution in [1.29, 1.82) is 0 Å². The van der Waals surface area contributed by atoms with E-state index in [1.165, 1.54) is 5.56 Å². The van der Waals surface area contributed by atoms with E-state index in [9.17, 15) is 0 Å². The van der Waals surface area contributed by atoms with Crippen LogP contribution in [0.1, 0.15) is 29.5 Å². The predicted molar refractivity (Wildman–Crippen MR) is 102 cm³/mol. The molecule has 5 heteroatoms. The van der Waals surface area contributed by atoms with Crippen LogP contribution in [0.4, 0.5) is 5.69 Å². The maximum absolute atomic E-state index is 6.50. The van der Waals surface area contributed by atoms with E-state index in [1.807, 2.05) is 6.07 Å². The number of hydrogen-bond acceptors (Lipinski definition) is 1. The second-order valence-electron chi connectivity index (χ2n) is 5.94. The largest absolute Gasteiger partial charge is 0.376 e. The first-order valence-electron chi connectivity index (χ1n) is 7.43. The molecule has 0 saturated heterocycles. The van der Waals surface area contributed by atoms with Crippen LogP contribution in [-0.2, 0) is 0 Å². The Bertz CT molecular complexity index is 818. The highest BCUT2D eigenvalue weighted by Gasteiger charge is 2.40. The summed E-state index contributed by atoms with van der Waals surface area (Å²) in [6.07, 6.45) is 5.46. The van der Waals surface area contributed by atoms with Crippen LogP contribution in [-0.4, -0.2) is 0 Å². The van der Waals surface area contributed by atoms with E-state index in [1.54, 1.807) is 6.07 Å². The van der Waals surface area contributed by atoms with Crippen molar-refractivity contribution in [2.75, 3.05) is 5.32 Å². The molecule has 0 saturated carbocycles. The van der Waals surface area contributed by atoms with E-state index in [4.69, 9.17) is 34.8 Å². The van der Waals surface area contributed by atoms with E-state index in [0.29, 0.717) is 21.0 Å². The Balaban J connectivity index is 1.90. The molecule has 0 radical (unpaired) electrons. The number of allylic oxidation sites excluding steroid dienone is 2. The monoisotopic (exact) mass is 427 g/mol. The first-order valence-corrected chi connectivity index (χ1v) is 9.35. The standard InChI is InChI=1S/C18H13BrCl3N/c19-12-7-2-1-4-11(12)17-10-6-3-5-9(10)15-16(22)13(20)8-14(21)18(15)23-17/h1-5,7-10,17,23H,6H2/t9-,10+,17-/m1/s1. The summed E-state index contributed by atoms with van der Waals surface area (Å²) in [5.41, 5.74) is 3.15. The van der Waals surface area contributed by atoms with Gasteiger partial charge in [-0.2, -0.15) is 0 Å². The van der Waals surface area contributed by atoms with E-state index in [0.717, 1.165) is 22.1 Å². The van der Waals surface area contributed by atoms with Gasteiger partial charge in [-0.25, -0.2) is 0 Å². The molecule has 1 heterocycles. The van der Waals surface area contributed by atoms with Crippen LogP contribution in [0.3, 0.4) is 0 Å². The third kappa shape index (κ3) is 2.51. The SMILES string of the molecule is Clc1cc(Cl)c2c(c1Cl)[C@@H]1C=CC[C@@H]1[C@H](c1ccccc1Br)N2. The number of halogens is 4. The van der Waals surface area contributed by atoms with E-state index in [-0.39, 0.29) is 12.0 Å². The average molecular weight is 430 g/mol. The summed E-state index contributed by atoms with van der Waals surface area (Å²) in [5.74, 6) is 0.625. The molecule has 0 fully saturated rings. The molecular formula is C18H13BrCl3N. The number of rotatable bonds is 1. The smallest absolute Gasteiger partial charge is 0.0656 e. The highest BCUT2D eigenvalue weighted by molar-refractivity contribution is 9.10. The minimum atomic E-state index is 0.174. The fourth-order valence-corrected chi connectivity index (χ4v) is 5.04. The molecule has 2 aromatic rings. The Morgan fingerprint density at radius 3 is 2.65 bits per heavy atom. The molecule has 0 aromatic heterocycles. The lowest BCUT2D eigenvalue weighted by atomic mass is 9.77. The highest BCUT2D eigenvalue weighted by Crippen LogP contribution is 2.55. The molecule has 2 aromatic carbocycles. The fraction of sp³-hybridized carbons (Fsp3) is 0.222. The lowest BCUT2D eigenvalue weighted by molar-refractivity contribution is 0.425. The number of hydrogen-bond donors (Lipinski definition) is 1. The number of fused-ring (bicyclic) bond motifs is 3. The van der Waals surface area contributed by atoms with Crippen LogP contribution in [0, 0.1) is 5.92 Å². The van der Waals surface area contributed by atoms with Crippen molar-refractivity contribution < 1.29 is 0 Å². The summed E-state index contributed by atoms with van der Waals surface area (Å²) >= 11 is 22.9. The minimum absolute atomic E-state index is 0.174.